The molecule has 7 nitrogen and oxygen atoms in total. The number of ether oxygens (including phenoxy) is 1. The molecule has 0 bridgehead atoms. The van der Waals surface area contributed by atoms with Gasteiger partial charge in [-0.25, -0.2) is 0 Å². The average Bonchev–Trinajstić information content (AvgIpc) is 2.50. The van der Waals surface area contributed by atoms with E-state index in [2.05, 4.69) is 0 Å². The first kappa shape index (κ1) is 19.6. The van der Waals surface area contributed by atoms with E-state index in [1.165, 1.54) is 0 Å². The van der Waals surface area contributed by atoms with Crippen LogP contribution in [-0.2, 0) is 21.1 Å². The first-order valence-corrected chi connectivity index (χ1v) is 10.7. The average molecular weight is 386 g/mol. The fraction of sp³-hybridized carbons (Fsp3) is 0.250. The summed E-state index contributed by atoms with van der Waals surface area (Å²) in [5.41, 5.74) is 0.827. The molecule has 0 aliphatic carbocycles. The van der Waals surface area contributed by atoms with Gasteiger partial charge in [-0.2, -0.15) is 8.42 Å². The second-order valence-electron chi connectivity index (χ2n) is 5.51. The standard InChI is InChI=1S/C16H19O7PS/c17-24(18,19)16(25(20,21)22)11-5-7-13-6-4-10-15(12-13)23-14-8-2-1-3-9-14/h1-4,6,8-10,12,16H,5,7,11H2,(H2,17,18,19)(H,20,21,22)/t16-/m0/s1. The van der Waals surface area contributed by atoms with Crippen LogP contribution in [0.2, 0.25) is 0 Å². The van der Waals surface area contributed by atoms with Crippen LogP contribution in [0.5, 0.6) is 11.5 Å². The van der Waals surface area contributed by atoms with Crippen molar-refractivity contribution in [2.45, 2.75) is 24.3 Å². The van der Waals surface area contributed by atoms with Gasteiger partial charge >= 0.3 is 7.60 Å². The molecule has 1 atom stereocenters. The Kier molecular flexibility index (Phi) is 6.37. The topological polar surface area (TPSA) is 121 Å². The molecule has 2 aromatic rings. The van der Waals surface area contributed by atoms with Crippen molar-refractivity contribution in [1.29, 1.82) is 0 Å². The van der Waals surface area contributed by atoms with Gasteiger partial charge in [0.2, 0.25) is 0 Å². The third-order valence-corrected chi connectivity index (χ3v) is 7.07. The quantitative estimate of drug-likeness (QED) is 0.470. The Balaban J connectivity index is 1.99. The number of aryl methyl sites for hydroxylation is 1. The fourth-order valence-electron chi connectivity index (χ4n) is 2.36. The fourth-order valence-corrected chi connectivity index (χ4v) is 4.73. The molecule has 3 N–H and O–H groups in total. The highest BCUT2D eigenvalue weighted by Crippen LogP contribution is 2.46. The maximum absolute atomic E-state index is 11.2. The SMILES string of the molecule is O=P(O)(O)[C@H](CCCc1cccc(Oc2ccccc2)c1)S(=O)(=O)O. The van der Waals surface area contributed by atoms with Crippen molar-refractivity contribution in [1.82, 2.24) is 0 Å². The summed E-state index contributed by atoms with van der Waals surface area (Å²) in [6.07, 6.45) is 0.231. The van der Waals surface area contributed by atoms with Crippen LogP contribution in [0.4, 0.5) is 0 Å². The molecule has 0 fully saturated rings. The Bertz CT molecular complexity index is 846. The van der Waals surface area contributed by atoms with E-state index in [4.69, 9.17) is 19.1 Å². The first-order valence-electron chi connectivity index (χ1n) is 7.49. The number of hydrogen-bond acceptors (Lipinski definition) is 4. The number of para-hydroxylation sites is 1. The van der Waals surface area contributed by atoms with E-state index in [0.717, 1.165) is 5.56 Å². The summed E-state index contributed by atoms with van der Waals surface area (Å²) >= 11 is 0. The lowest BCUT2D eigenvalue weighted by atomic mass is 10.1. The molecule has 2 rings (SSSR count). The molecule has 0 amide bonds. The lowest BCUT2D eigenvalue weighted by molar-refractivity contribution is 0.360. The van der Waals surface area contributed by atoms with Crippen molar-refractivity contribution in [3.05, 3.63) is 60.2 Å². The molecule has 0 aliphatic heterocycles. The lowest BCUT2D eigenvalue weighted by Gasteiger charge is -2.15. The van der Waals surface area contributed by atoms with Gasteiger partial charge in [-0.3, -0.25) is 9.12 Å². The van der Waals surface area contributed by atoms with E-state index in [9.17, 15) is 13.0 Å². The van der Waals surface area contributed by atoms with Crippen LogP contribution >= 0.6 is 7.60 Å². The molecule has 0 spiro atoms. The summed E-state index contributed by atoms with van der Waals surface area (Å²) in [6, 6.07) is 16.3. The van der Waals surface area contributed by atoms with Gasteiger partial charge in [0.15, 0.2) is 4.99 Å². The van der Waals surface area contributed by atoms with Crippen molar-refractivity contribution in [2.24, 2.45) is 0 Å². The van der Waals surface area contributed by atoms with E-state index in [1.54, 1.807) is 24.3 Å². The minimum absolute atomic E-state index is 0.185. The van der Waals surface area contributed by atoms with Crippen LogP contribution in [0.3, 0.4) is 0 Å². The predicted molar refractivity (Wildman–Crippen MR) is 93.3 cm³/mol. The second kappa shape index (κ2) is 8.12. The summed E-state index contributed by atoms with van der Waals surface area (Å²) in [6.45, 7) is 0. The maximum atomic E-state index is 11.2. The molecule has 136 valence electrons. The smallest absolute Gasteiger partial charge is 0.346 e. The first-order chi connectivity index (χ1) is 11.7. The van der Waals surface area contributed by atoms with Crippen LogP contribution in [0, 0.1) is 0 Å². The van der Waals surface area contributed by atoms with Gasteiger partial charge in [0.1, 0.15) is 11.5 Å². The van der Waals surface area contributed by atoms with Crippen molar-refractivity contribution in [2.75, 3.05) is 0 Å². The zero-order valence-electron chi connectivity index (χ0n) is 13.2. The van der Waals surface area contributed by atoms with Gasteiger partial charge in [-0.15, -0.1) is 0 Å². The largest absolute Gasteiger partial charge is 0.457 e. The Morgan fingerprint density at radius 2 is 1.64 bits per heavy atom. The molecule has 0 unspecified atom stereocenters. The zero-order valence-corrected chi connectivity index (χ0v) is 14.9. The normalized spacial score (nSPS) is 13.4. The summed E-state index contributed by atoms with van der Waals surface area (Å²) in [4.78, 5) is 16.0. The minimum Gasteiger partial charge on any atom is -0.457 e. The molecule has 0 heterocycles. The van der Waals surface area contributed by atoms with Crippen LogP contribution in [0.15, 0.2) is 54.6 Å². The van der Waals surface area contributed by atoms with Crippen molar-refractivity contribution in [3.8, 4) is 11.5 Å². The Hall–Kier alpha value is -1.70. The van der Waals surface area contributed by atoms with E-state index in [1.807, 2.05) is 30.3 Å². The summed E-state index contributed by atoms with van der Waals surface area (Å²) < 4.78 is 48.1. The highest BCUT2D eigenvalue weighted by Gasteiger charge is 2.38. The molecule has 0 saturated carbocycles. The highest BCUT2D eigenvalue weighted by atomic mass is 32.2. The molecular weight excluding hydrogens is 367 g/mol. The van der Waals surface area contributed by atoms with E-state index >= 15 is 0 Å². The molecular formula is C16H19O7PS. The van der Waals surface area contributed by atoms with Crippen molar-refractivity contribution in [3.63, 3.8) is 0 Å². The summed E-state index contributed by atoms with van der Waals surface area (Å²) in [5, 5.41) is 0. The van der Waals surface area contributed by atoms with Gasteiger partial charge in [0.25, 0.3) is 10.1 Å². The third kappa shape index (κ3) is 6.26. The van der Waals surface area contributed by atoms with Crippen molar-refractivity contribution >= 4 is 17.7 Å². The van der Waals surface area contributed by atoms with Crippen LogP contribution in [0.25, 0.3) is 0 Å². The summed E-state index contributed by atoms with van der Waals surface area (Å²) in [5.74, 6) is 1.28. The van der Waals surface area contributed by atoms with Gasteiger partial charge in [-0.1, -0.05) is 30.3 Å². The maximum Gasteiger partial charge on any atom is 0.346 e. The van der Waals surface area contributed by atoms with Gasteiger partial charge in [0.05, 0.1) is 0 Å². The third-order valence-electron chi connectivity index (χ3n) is 3.51. The molecule has 0 saturated heterocycles. The van der Waals surface area contributed by atoms with E-state index in [-0.39, 0.29) is 12.8 Å². The zero-order chi connectivity index (χ0) is 18.5. The number of hydrogen-bond donors (Lipinski definition) is 3. The number of benzene rings is 2. The molecule has 9 heteroatoms. The van der Waals surface area contributed by atoms with Gasteiger partial charge < -0.3 is 14.5 Å². The van der Waals surface area contributed by atoms with Gasteiger partial charge in [-0.05, 0) is 49.1 Å². The van der Waals surface area contributed by atoms with Crippen molar-refractivity contribution < 1.29 is 32.1 Å². The van der Waals surface area contributed by atoms with E-state index < -0.39 is 22.7 Å². The Morgan fingerprint density at radius 1 is 1.00 bits per heavy atom. The molecule has 2 aromatic carbocycles. The predicted octanol–water partition coefficient (Wildman–Crippen LogP) is 3.19. The molecule has 0 radical (unpaired) electrons. The van der Waals surface area contributed by atoms with Crippen LogP contribution < -0.4 is 4.74 Å². The van der Waals surface area contributed by atoms with Gasteiger partial charge in [0, 0.05) is 0 Å². The summed E-state index contributed by atoms with van der Waals surface area (Å²) in [7, 11) is -9.75. The molecule has 0 aliphatic rings. The highest BCUT2D eigenvalue weighted by molar-refractivity contribution is 7.93. The van der Waals surface area contributed by atoms with Crippen LogP contribution in [-0.4, -0.2) is 27.7 Å². The minimum atomic E-state index is -4.94. The van der Waals surface area contributed by atoms with E-state index in [0.29, 0.717) is 17.9 Å². The van der Waals surface area contributed by atoms with Crippen LogP contribution in [0.1, 0.15) is 18.4 Å². The second-order valence-corrected chi connectivity index (χ2v) is 9.26. The monoisotopic (exact) mass is 386 g/mol. The molecule has 25 heavy (non-hydrogen) atoms. The number of rotatable bonds is 8. The molecule has 0 aromatic heterocycles. The lowest BCUT2D eigenvalue weighted by Crippen LogP contribution is -2.20. The Labute approximate surface area is 146 Å². The Morgan fingerprint density at radius 3 is 2.24 bits per heavy atom.